The Morgan fingerprint density at radius 1 is 1.07 bits per heavy atom. The first-order chi connectivity index (χ1) is 12.9. The van der Waals surface area contributed by atoms with Gasteiger partial charge in [0, 0.05) is 26.1 Å². The summed E-state index contributed by atoms with van der Waals surface area (Å²) in [6.07, 6.45) is 0.248. The van der Waals surface area contributed by atoms with E-state index in [1.54, 1.807) is 17.0 Å². The van der Waals surface area contributed by atoms with Crippen molar-refractivity contribution >= 4 is 5.91 Å². The van der Waals surface area contributed by atoms with E-state index in [-0.39, 0.29) is 24.3 Å². The molecule has 0 heterocycles. The van der Waals surface area contributed by atoms with Crippen LogP contribution in [0.4, 0.5) is 8.78 Å². The summed E-state index contributed by atoms with van der Waals surface area (Å²) in [5.74, 6) is -1.14. The van der Waals surface area contributed by atoms with Gasteiger partial charge in [-0.15, -0.1) is 0 Å². The Morgan fingerprint density at radius 2 is 1.78 bits per heavy atom. The molecule has 0 radical (unpaired) electrons. The summed E-state index contributed by atoms with van der Waals surface area (Å²) in [6, 6.07) is 12.4. The van der Waals surface area contributed by atoms with Crippen LogP contribution in [0.3, 0.4) is 0 Å². The minimum absolute atomic E-state index is 0.101. The van der Waals surface area contributed by atoms with E-state index in [1.807, 2.05) is 31.1 Å². The third-order valence-corrected chi connectivity index (χ3v) is 4.24. The molecule has 0 aliphatic carbocycles. The first kappa shape index (κ1) is 20.5. The van der Waals surface area contributed by atoms with E-state index in [2.05, 4.69) is 6.07 Å². The van der Waals surface area contributed by atoms with Gasteiger partial charge in [0.2, 0.25) is 5.91 Å². The number of likely N-dealkylation sites (N-methyl/N-ethyl adjacent to an activating group) is 1. The van der Waals surface area contributed by atoms with Crippen molar-refractivity contribution < 1.29 is 13.6 Å². The van der Waals surface area contributed by atoms with Crippen LogP contribution >= 0.6 is 0 Å². The number of aryl methyl sites for hydroxylation is 1. The number of nitriles is 1. The first-order valence-corrected chi connectivity index (χ1v) is 8.74. The molecular weight excluding hydrogens is 348 g/mol. The molecule has 142 valence electrons. The molecule has 0 bridgehead atoms. The average Bonchev–Trinajstić information content (AvgIpc) is 2.65. The van der Waals surface area contributed by atoms with E-state index in [4.69, 9.17) is 5.26 Å². The number of hydrogen-bond acceptors (Lipinski definition) is 3. The number of hydrogen-bond donors (Lipinski definition) is 0. The average molecular weight is 371 g/mol. The van der Waals surface area contributed by atoms with Crippen molar-refractivity contribution in [3.8, 4) is 6.07 Å². The Balaban J connectivity index is 2.05. The van der Waals surface area contributed by atoms with E-state index in [0.717, 1.165) is 23.8 Å². The minimum atomic E-state index is -0.513. The second-order valence-corrected chi connectivity index (χ2v) is 6.66. The quantitative estimate of drug-likeness (QED) is 0.715. The number of amides is 1. The third kappa shape index (κ3) is 6.46. The van der Waals surface area contributed by atoms with Crippen molar-refractivity contribution in [1.29, 1.82) is 5.26 Å². The van der Waals surface area contributed by atoms with Crippen LogP contribution in [0.2, 0.25) is 0 Å². The molecule has 0 saturated heterocycles. The lowest BCUT2D eigenvalue weighted by Gasteiger charge is -2.25. The topological polar surface area (TPSA) is 47.3 Å². The second kappa shape index (κ2) is 9.79. The Kier molecular flexibility index (Phi) is 7.44. The van der Waals surface area contributed by atoms with Gasteiger partial charge in [-0.3, -0.25) is 4.79 Å². The minimum Gasteiger partial charge on any atom is -0.337 e. The smallest absolute Gasteiger partial charge is 0.223 e. The molecule has 0 aliphatic rings. The molecule has 0 fully saturated rings. The van der Waals surface area contributed by atoms with Crippen LogP contribution in [0.5, 0.6) is 0 Å². The third-order valence-electron chi connectivity index (χ3n) is 4.24. The lowest BCUT2D eigenvalue weighted by molar-refractivity contribution is -0.132. The molecule has 0 atom stereocenters. The lowest BCUT2D eigenvalue weighted by atomic mass is 10.1. The van der Waals surface area contributed by atoms with Crippen molar-refractivity contribution in [2.45, 2.75) is 19.4 Å². The van der Waals surface area contributed by atoms with Crippen LogP contribution in [0.15, 0.2) is 42.5 Å². The van der Waals surface area contributed by atoms with Crippen LogP contribution < -0.4 is 0 Å². The summed E-state index contributed by atoms with van der Waals surface area (Å²) in [7, 11) is 3.85. The molecule has 0 aliphatic heterocycles. The molecule has 0 N–H and O–H groups in total. The summed E-state index contributed by atoms with van der Waals surface area (Å²) in [5, 5.41) is 8.89. The molecule has 1 amide bonds. The van der Waals surface area contributed by atoms with Gasteiger partial charge in [0.05, 0.1) is 11.6 Å². The Bertz CT molecular complexity index is 813. The van der Waals surface area contributed by atoms with Crippen LogP contribution in [0, 0.1) is 23.0 Å². The zero-order valence-corrected chi connectivity index (χ0v) is 15.6. The van der Waals surface area contributed by atoms with Gasteiger partial charge < -0.3 is 9.80 Å². The summed E-state index contributed by atoms with van der Waals surface area (Å²) in [5.41, 5.74) is 1.68. The molecule has 0 saturated carbocycles. The van der Waals surface area contributed by atoms with Gasteiger partial charge >= 0.3 is 0 Å². The molecule has 6 heteroatoms. The van der Waals surface area contributed by atoms with E-state index in [1.165, 1.54) is 0 Å². The number of benzene rings is 2. The van der Waals surface area contributed by atoms with Crippen molar-refractivity contribution in [2.24, 2.45) is 0 Å². The molecule has 0 unspecified atom stereocenters. The van der Waals surface area contributed by atoms with Gasteiger partial charge in [0.15, 0.2) is 0 Å². The molecule has 0 aromatic heterocycles. The van der Waals surface area contributed by atoms with Crippen molar-refractivity contribution in [1.82, 2.24) is 9.80 Å². The predicted octanol–water partition coefficient (Wildman–Crippen LogP) is 3.36. The summed E-state index contributed by atoms with van der Waals surface area (Å²) in [4.78, 5) is 16.4. The van der Waals surface area contributed by atoms with E-state index in [9.17, 15) is 13.6 Å². The highest BCUT2D eigenvalue weighted by Gasteiger charge is 2.16. The Hall–Kier alpha value is -2.78. The number of nitrogens with zero attached hydrogens (tertiary/aromatic N) is 3. The summed E-state index contributed by atoms with van der Waals surface area (Å²) in [6.45, 7) is 1.62. The standard InChI is InChI=1S/C21H23F2N3O/c1-25(2)11-12-26(15-17-5-3-16(14-24)4-6-17)21(27)10-7-18-13-19(22)8-9-20(18)23/h3-6,8-9,13H,7,10-12,15H2,1-2H3. The molecular formula is C21H23F2N3O. The maximum absolute atomic E-state index is 13.8. The van der Waals surface area contributed by atoms with Crippen molar-refractivity contribution in [2.75, 3.05) is 27.2 Å². The highest BCUT2D eigenvalue weighted by Crippen LogP contribution is 2.14. The maximum atomic E-state index is 13.8. The van der Waals surface area contributed by atoms with Gasteiger partial charge in [-0.2, -0.15) is 5.26 Å². The highest BCUT2D eigenvalue weighted by molar-refractivity contribution is 5.76. The SMILES string of the molecule is CN(C)CCN(Cc1ccc(C#N)cc1)C(=O)CCc1cc(F)ccc1F. The molecule has 27 heavy (non-hydrogen) atoms. The largest absolute Gasteiger partial charge is 0.337 e. The lowest BCUT2D eigenvalue weighted by Crippen LogP contribution is -2.36. The predicted molar refractivity (Wildman–Crippen MR) is 99.8 cm³/mol. The van der Waals surface area contributed by atoms with Crippen molar-refractivity contribution in [3.05, 3.63) is 70.8 Å². The van der Waals surface area contributed by atoms with Gasteiger partial charge in [0.25, 0.3) is 0 Å². The fraction of sp³-hybridized carbons (Fsp3) is 0.333. The highest BCUT2D eigenvalue weighted by atomic mass is 19.1. The van der Waals surface area contributed by atoms with Crippen LogP contribution in [-0.4, -0.2) is 42.9 Å². The Morgan fingerprint density at radius 3 is 2.41 bits per heavy atom. The van der Waals surface area contributed by atoms with Crippen LogP contribution in [0.1, 0.15) is 23.1 Å². The van der Waals surface area contributed by atoms with Gasteiger partial charge in [-0.1, -0.05) is 12.1 Å². The van der Waals surface area contributed by atoms with Crippen LogP contribution in [-0.2, 0) is 17.8 Å². The number of rotatable bonds is 8. The van der Waals surface area contributed by atoms with E-state index in [0.29, 0.717) is 25.2 Å². The van der Waals surface area contributed by atoms with Gasteiger partial charge in [0.1, 0.15) is 11.6 Å². The fourth-order valence-electron chi connectivity index (χ4n) is 2.65. The zero-order valence-electron chi connectivity index (χ0n) is 15.6. The molecule has 4 nitrogen and oxygen atoms in total. The number of halogens is 2. The Labute approximate surface area is 158 Å². The van der Waals surface area contributed by atoms with E-state index >= 15 is 0 Å². The summed E-state index contributed by atoms with van der Waals surface area (Å²) < 4.78 is 27.1. The zero-order chi connectivity index (χ0) is 19.8. The normalized spacial score (nSPS) is 10.7. The summed E-state index contributed by atoms with van der Waals surface area (Å²) >= 11 is 0. The number of carbonyl (C=O) groups excluding carboxylic acids is 1. The molecule has 2 aromatic carbocycles. The second-order valence-electron chi connectivity index (χ2n) is 6.66. The first-order valence-electron chi connectivity index (χ1n) is 8.74. The van der Waals surface area contributed by atoms with Crippen LogP contribution in [0.25, 0.3) is 0 Å². The monoisotopic (exact) mass is 371 g/mol. The molecule has 2 aromatic rings. The maximum Gasteiger partial charge on any atom is 0.223 e. The van der Waals surface area contributed by atoms with Crippen molar-refractivity contribution in [3.63, 3.8) is 0 Å². The number of carbonyl (C=O) groups is 1. The van der Waals surface area contributed by atoms with Gasteiger partial charge in [-0.05, 0) is 62.0 Å². The molecule has 2 rings (SSSR count). The van der Waals surface area contributed by atoms with Gasteiger partial charge in [-0.25, -0.2) is 8.78 Å². The fourth-order valence-corrected chi connectivity index (χ4v) is 2.65. The molecule has 0 spiro atoms. The van der Waals surface area contributed by atoms with E-state index < -0.39 is 11.6 Å².